The number of nitrogens with one attached hydrogen (secondary N) is 2. The zero-order valence-corrected chi connectivity index (χ0v) is 13.9. The third kappa shape index (κ3) is 3.39. The summed E-state index contributed by atoms with van der Waals surface area (Å²) in [6.07, 6.45) is 2.48. The van der Waals surface area contributed by atoms with Gasteiger partial charge in [-0.15, -0.1) is 0 Å². The van der Waals surface area contributed by atoms with E-state index in [2.05, 4.69) is 39.0 Å². The average molecular weight is 336 g/mol. The molecule has 4 rings (SSSR count). The molecule has 1 aliphatic rings. The molecule has 1 aliphatic heterocycles. The minimum absolute atomic E-state index is 0.0475. The van der Waals surface area contributed by atoms with Crippen LogP contribution in [0.3, 0.4) is 0 Å². The van der Waals surface area contributed by atoms with Gasteiger partial charge in [0.2, 0.25) is 17.6 Å². The van der Waals surface area contributed by atoms with Gasteiger partial charge in [-0.2, -0.15) is 4.98 Å². The minimum Gasteiger partial charge on any atom is -0.354 e. The first-order valence-corrected chi connectivity index (χ1v) is 8.63. The number of carbonyl (C=O) groups excluding carboxylic acids is 1. The van der Waals surface area contributed by atoms with Gasteiger partial charge in [0.25, 0.3) is 0 Å². The predicted molar refractivity (Wildman–Crippen MR) is 95.0 cm³/mol. The van der Waals surface area contributed by atoms with Crippen molar-refractivity contribution >= 4 is 16.7 Å². The molecule has 3 aromatic rings. The monoisotopic (exact) mass is 336 g/mol. The van der Waals surface area contributed by atoms with Crippen LogP contribution in [0.5, 0.6) is 0 Å². The van der Waals surface area contributed by atoms with E-state index < -0.39 is 0 Å². The maximum absolute atomic E-state index is 12.0. The zero-order chi connectivity index (χ0) is 17.1. The molecular weight excluding hydrogens is 316 g/mol. The van der Waals surface area contributed by atoms with Crippen molar-refractivity contribution < 1.29 is 9.32 Å². The molecule has 1 unspecified atom stereocenters. The molecule has 0 radical (unpaired) electrons. The standard InChI is InChI=1S/C19H20N4O2/c24-19(16-9-4-11-20-16)21-12-10-17-22-18(23-25-17)15-8-3-6-13-5-1-2-7-14(13)15/h1-3,5-8,16,20H,4,9-12H2,(H,21,24). The van der Waals surface area contributed by atoms with E-state index in [4.69, 9.17) is 4.52 Å². The number of hydrogen-bond donors (Lipinski definition) is 2. The molecule has 1 atom stereocenters. The highest BCUT2D eigenvalue weighted by molar-refractivity contribution is 5.94. The van der Waals surface area contributed by atoms with E-state index in [0.29, 0.717) is 24.7 Å². The third-order valence-corrected chi connectivity index (χ3v) is 4.51. The van der Waals surface area contributed by atoms with Crippen LogP contribution >= 0.6 is 0 Å². The van der Waals surface area contributed by atoms with Crippen molar-refractivity contribution in [3.05, 3.63) is 48.4 Å². The summed E-state index contributed by atoms with van der Waals surface area (Å²) >= 11 is 0. The Balaban J connectivity index is 1.42. The summed E-state index contributed by atoms with van der Waals surface area (Å²) in [6, 6.07) is 14.1. The van der Waals surface area contributed by atoms with Gasteiger partial charge in [0.1, 0.15) is 0 Å². The van der Waals surface area contributed by atoms with Crippen molar-refractivity contribution in [2.45, 2.75) is 25.3 Å². The summed E-state index contributed by atoms with van der Waals surface area (Å²) in [5.74, 6) is 1.16. The third-order valence-electron chi connectivity index (χ3n) is 4.51. The van der Waals surface area contributed by atoms with E-state index in [-0.39, 0.29) is 11.9 Å². The van der Waals surface area contributed by atoms with Crippen LogP contribution in [0, 0.1) is 0 Å². The second-order valence-electron chi connectivity index (χ2n) is 6.23. The molecule has 2 aromatic carbocycles. The van der Waals surface area contributed by atoms with E-state index in [1.54, 1.807) is 0 Å². The summed E-state index contributed by atoms with van der Waals surface area (Å²) in [6.45, 7) is 1.41. The van der Waals surface area contributed by atoms with E-state index in [1.807, 2.05) is 24.3 Å². The van der Waals surface area contributed by atoms with Gasteiger partial charge in [-0.3, -0.25) is 4.79 Å². The fraction of sp³-hybridized carbons (Fsp3) is 0.316. The van der Waals surface area contributed by atoms with Crippen LogP contribution in [0.25, 0.3) is 22.2 Å². The second-order valence-corrected chi connectivity index (χ2v) is 6.23. The molecule has 6 heteroatoms. The minimum atomic E-state index is -0.0612. The number of benzene rings is 2. The number of amides is 1. The van der Waals surface area contributed by atoms with Crippen molar-refractivity contribution in [2.75, 3.05) is 13.1 Å². The first-order chi connectivity index (χ1) is 12.3. The summed E-state index contributed by atoms with van der Waals surface area (Å²) in [5, 5.41) is 12.4. The fourth-order valence-electron chi connectivity index (χ4n) is 3.21. The van der Waals surface area contributed by atoms with Crippen molar-refractivity contribution in [1.29, 1.82) is 0 Å². The maximum Gasteiger partial charge on any atom is 0.237 e. The highest BCUT2D eigenvalue weighted by Gasteiger charge is 2.21. The molecule has 1 aromatic heterocycles. The Morgan fingerprint density at radius 3 is 3.00 bits per heavy atom. The van der Waals surface area contributed by atoms with Gasteiger partial charge in [0, 0.05) is 18.5 Å². The molecule has 1 fully saturated rings. The van der Waals surface area contributed by atoms with E-state index >= 15 is 0 Å². The average Bonchev–Trinajstić information content (AvgIpc) is 3.33. The van der Waals surface area contributed by atoms with Crippen LogP contribution in [-0.2, 0) is 11.2 Å². The number of carbonyl (C=O) groups is 1. The lowest BCUT2D eigenvalue weighted by molar-refractivity contribution is -0.122. The number of hydrogen-bond acceptors (Lipinski definition) is 5. The Hall–Kier alpha value is -2.73. The Kier molecular flexibility index (Phi) is 4.43. The summed E-state index contributed by atoms with van der Waals surface area (Å²) in [7, 11) is 0. The van der Waals surface area contributed by atoms with Gasteiger partial charge < -0.3 is 15.2 Å². The van der Waals surface area contributed by atoms with Gasteiger partial charge in [0.15, 0.2) is 0 Å². The van der Waals surface area contributed by atoms with Crippen LogP contribution in [-0.4, -0.2) is 35.2 Å². The Bertz CT molecular complexity index is 879. The van der Waals surface area contributed by atoms with Crippen LogP contribution in [0.2, 0.25) is 0 Å². The maximum atomic E-state index is 12.0. The highest BCUT2D eigenvalue weighted by atomic mass is 16.5. The van der Waals surface area contributed by atoms with E-state index in [1.165, 1.54) is 0 Å². The number of nitrogens with zero attached hydrogens (tertiary/aromatic N) is 2. The number of rotatable bonds is 5. The van der Waals surface area contributed by atoms with Crippen molar-refractivity contribution in [3.63, 3.8) is 0 Å². The summed E-state index contributed by atoms with van der Waals surface area (Å²) in [5.41, 5.74) is 0.951. The van der Waals surface area contributed by atoms with Gasteiger partial charge >= 0.3 is 0 Å². The van der Waals surface area contributed by atoms with Gasteiger partial charge in [-0.05, 0) is 30.2 Å². The zero-order valence-electron chi connectivity index (χ0n) is 13.9. The van der Waals surface area contributed by atoms with Gasteiger partial charge in [-0.1, -0.05) is 47.6 Å². The number of aromatic nitrogens is 2. The highest BCUT2D eigenvalue weighted by Crippen LogP contribution is 2.26. The smallest absolute Gasteiger partial charge is 0.237 e. The van der Waals surface area contributed by atoms with Crippen LogP contribution in [0.15, 0.2) is 47.0 Å². The molecule has 0 bridgehead atoms. The summed E-state index contributed by atoms with van der Waals surface area (Å²) in [4.78, 5) is 16.4. The van der Waals surface area contributed by atoms with E-state index in [9.17, 15) is 4.79 Å². The van der Waals surface area contributed by atoms with Gasteiger partial charge in [0.05, 0.1) is 6.04 Å². The van der Waals surface area contributed by atoms with Gasteiger partial charge in [-0.25, -0.2) is 0 Å². The van der Waals surface area contributed by atoms with Crippen LogP contribution < -0.4 is 10.6 Å². The van der Waals surface area contributed by atoms with Crippen LogP contribution in [0.1, 0.15) is 18.7 Å². The molecule has 1 amide bonds. The molecule has 2 heterocycles. The van der Waals surface area contributed by atoms with Crippen molar-refractivity contribution in [3.8, 4) is 11.4 Å². The SMILES string of the molecule is O=C(NCCc1nc(-c2cccc3ccccc23)no1)C1CCCN1. The second kappa shape index (κ2) is 7.03. The molecule has 0 spiro atoms. The lowest BCUT2D eigenvalue weighted by Crippen LogP contribution is -2.41. The molecular formula is C19H20N4O2. The molecule has 6 nitrogen and oxygen atoms in total. The molecule has 1 saturated heterocycles. The molecule has 128 valence electrons. The van der Waals surface area contributed by atoms with E-state index in [0.717, 1.165) is 35.7 Å². The summed E-state index contributed by atoms with van der Waals surface area (Å²) < 4.78 is 5.35. The van der Waals surface area contributed by atoms with Crippen molar-refractivity contribution in [1.82, 2.24) is 20.8 Å². The fourth-order valence-corrected chi connectivity index (χ4v) is 3.21. The van der Waals surface area contributed by atoms with Crippen LogP contribution in [0.4, 0.5) is 0 Å². The molecule has 0 saturated carbocycles. The lowest BCUT2D eigenvalue weighted by atomic mass is 10.0. The van der Waals surface area contributed by atoms with Crippen molar-refractivity contribution in [2.24, 2.45) is 0 Å². The Labute approximate surface area is 145 Å². The molecule has 2 N–H and O–H groups in total. The number of fused-ring (bicyclic) bond motifs is 1. The Morgan fingerprint density at radius 1 is 1.24 bits per heavy atom. The molecule has 25 heavy (non-hydrogen) atoms. The largest absolute Gasteiger partial charge is 0.354 e. The Morgan fingerprint density at radius 2 is 2.12 bits per heavy atom. The first-order valence-electron chi connectivity index (χ1n) is 8.63. The first kappa shape index (κ1) is 15.8. The molecule has 0 aliphatic carbocycles. The normalized spacial score (nSPS) is 17.0. The quantitative estimate of drug-likeness (QED) is 0.747. The topological polar surface area (TPSA) is 80.1 Å². The lowest BCUT2D eigenvalue weighted by Gasteiger charge is -2.09. The predicted octanol–water partition coefficient (Wildman–Crippen LogP) is 2.30.